The summed E-state index contributed by atoms with van der Waals surface area (Å²) in [5.74, 6) is -0.0538. The van der Waals surface area contributed by atoms with Crippen molar-refractivity contribution in [1.29, 1.82) is 5.26 Å². The van der Waals surface area contributed by atoms with Gasteiger partial charge in [0.2, 0.25) is 15.0 Å². The Kier molecular flexibility index (Phi) is 1.23. The summed E-state index contributed by atoms with van der Waals surface area (Å²) < 4.78 is 23.5. The minimum Gasteiger partial charge on any atom is -0.234 e. The Bertz CT molecular complexity index is 466. The van der Waals surface area contributed by atoms with Crippen LogP contribution in [0.1, 0.15) is 5.82 Å². The molecule has 7 heteroatoms. The highest BCUT2D eigenvalue weighted by Crippen LogP contribution is 2.15. The Hall–Kier alpha value is -1.42. The van der Waals surface area contributed by atoms with Crippen molar-refractivity contribution < 1.29 is 8.42 Å². The van der Waals surface area contributed by atoms with Crippen molar-refractivity contribution >= 4 is 9.84 Å². The zero-order valence-corrected chi connectivity index (χ0v) is 6.74. The van der Waals surface area contributed by atoms with E-state index < -0.39 is 9.84 Å². The van der Waals surface area contributed by atoms with Gasteiger partial charge in [0, 0.05) is 0 Å². The molecule has 0 saturated heterocycles. The molecule has 12 heavy (non-hydrogen) atoms. The lowest BCUT2D eigenvalue weighted by atomic mass is 10.7. The summed E-state index contributed by atoms with van der Waals surface area (Å²) in [6.07, 6.45) is 0. The first-order valence-electron chi connectivity index (χ1n) is 3.21. The highest BCUT2D eigenvalue weighted by Gasteiger charge is 2.30. The van der Waals surface area contributed by atoms with Crippen LogP contribution in [0.2, 0.25) is 0 Å². The maximum absolute atomic E-state index is 11.1. The summed E-state index contributed by atoms with van der Waals surface area (Å²) in [5, 5.41) is 12.0. The lowest BCUT2D eigenvalue weighted by Crippen LogP contribution is -2.00. The van der Waals surface area contributed by atoms with E-state index in [1.807, 2.05) is 0 Å². The van der Waals surface area contributed by atoms with Crippen LogP contribution in [0.25, 0.3) is 0 Å². The number of sulfone groups is 1. The predicted molar refractivity (Wildman–Crippen MR) is 36.8 cm³/mol. The van der Waals surface area contributed by atoms with Crippen LogP contribution in [0.15, 0.2) is 5.16 Å². The third-order valence-electron chi connectivity index (χ3n) is 1.59. The van der Waals surface area contributed by atoms with Crippen molar-refractivity contribution in [2.24, 2.45) is 0 Å². The van der Waals surface area contributed by atoms with Gasteiger partial charge >= 0.3 is 0 Å². The van der Waals surface area contributed by atoms with E-state index in [2.05, 4.69) is 10.1 Å². The fourth-order valence-corrected chi connectivity index (χ4v) is 2.32. The number of rotatable bonds is 0. The number of nitriles is 1. The molecular weight excluding hydrogens is 180 g/mol. The van der Waals surface area contributed by atoms with Gasteiger partial charge in [0.25, 0.3) is 5.82 Å². The SMILES string of the molecule is N#Cc1nc2n(n1)CCS2(=O)=O. The van der Waals surface area contributed by atoms with E-state index in [-0.39, 0.29) is 16.7 Å². The molecule has 0 N–H and O–H groups in total. The molecule has 1 aliphatic rings. The van der Waals surface area contributed by atoms with E-state index in [1.165, 1.54) is 4.68 Å². The Morgan fingerprint density at radius 2 is 2.33 bits per heavy atom. The minimum atomic E-state index is -3.26. The second-order valence-electron chi connectivity index (χ2n) is 2.37. The summed E-state index contributed by atoms with van der Waals surface area (Å²) in [4.78, 5) is 3.56. The average molecular weight is 184 g/mol. The Balaban J connectivity index is 2.69. The van der Waals surface area contributed by atoms with E-state index in [1.54, 1.807) is 6.07 Å². The largest absolute Gasteiger partial charge is 0.253 e. The van der Waals surface area contributed by atoms with Crippen LogP contribution in [0.3, 0.4) is 0 Å². The number of aromatic nitrogens is 3. The quantitative estimate of drug-likeness (QED) is 0.512. The van der Waals surface area contributed by atoms with E-state index >= 15 is 0 Å². The highest BCUT2D eigenvalue weighted by atomic mass is 32.2. The molecular formula is C5H4N4O2S. The number of nitrogens with zero attached hydrogens (tertiary/aromatic N) is 4. The van der Waals surface area contributed by atoms with Gasteiger partial charge in [-0.1, -0.05) is 0 Å². The van der Waals surface area contributed by atoms with Crippen molar-refractivity contribution in [3.8, 4) is 6.07 Å². The van der Waals surface area contributed by atoms with Gasteiger partial charge in [0.05, 0.1) is 12.3 Å². The summed E-state index contributed by atoms with van der Waals surface area (Å²) >= 11 is 0. The van der Waals surface area contributed by atoms with Gasteiger partial charge in [0.15, 0.2) is 0 Å². The molecule has 0 amide bonds. The molecule has 0 atom stereocenters. The molecule has 62 valence electrons. The maximum Gasteiger partial charge on any atom is 0.253 e. The van der Waals surface area contributed by atoms with Crippen molar-refractivity contribution in [1.82, 2.24) is 14.8 Å². The minimum absolute atomic E-state index is 0.0358. The normalized spacial score (nSPS) is 18.6. The second kappa shape index (κ2) is 2.04. The summed E-state index contributed by atoms with van der Waals surface area (Å²) in [7, 11) is -3.26. The number of fused-ring (bicyclic) bond motifs is 1. The zero-order chi connectivity index (χ0) is 8.77. The molecule has 6 nitrogen and oxygen atoms in total. The molecule has 1 aliphatic heterocycles. The fourth-order valence-electron chi connectivity index (χ4n) is 1.05. The van der Waals surface area contributed by atoms with Gasteiger partial charge < -0.3 is 0 Å². The van der Waals surface area contributed by atoms with Gasteiger partial charge in [-0.15, -0.1) is 5.10 Å². The molecule has 0 saturated carbocycles. The number of aryl methyl sites for hydroxylation is 1. The number of hydrogen-bond donors (Lipinski definition) is 0. The molecule has 0 spiro atoms. The molecule has 0 fully saturated rings. The third kappa shape index (κ3) is 0.816. The molecule has 0 bridgehead atoms. The first kappa shape index (κ1) is 7.24. The smallest absolute Gasteiger partial charge is 0.234 e. The van der Waals surface area contributed by atoms with Crippen LogP contribution in [0.4, 0.5) is 0 Å². The standard InChI is InChI=1S/C5H4N4O2S/c6-3-4-7-5-9(8-4)1-2-12(5,10)11/h1-2H2. The third-order valence-corrected chi connectivity index (χ3v) is 3.17. The van der Waals surface area contributed by atoms with Crippen LogP contribution in [-0.2, 0) is 16.4 Å². The lowest BCUT2D eigenvalue weighted by molar-refractivity contribution is 0.590. The van der Waals surface area contributed by atoms with Gasteiger partial charge in [0.1, 0.15) is 6.07 Å². The second-order valence-corrected chi connectivity index (χ2v) is 4.37. The van der Waals surface area contributed by atoms with Gasteiger partial charge in [-0.05, 0) is 0 Å². The maximum atomic E-state index is 11.1. The summed E-state index contributed by atoms with van der Waals surface area (Å²) in [6.45, 7) is 0.298. The summed E-state index contributed by atoms with van der Waals surface area (Å²) in [5.41, 5.74) is 0. The summed E-state index contributed by atoms with van der Waals surface area (Å²) in [6, 6.07) is 1.69. The van der Waals surface area contributed by atoms with Gasteiger partial charge in [-0.3, -0.25) is 0 Å². The fraction of sp³-hybridized carbons (Fsp3) is 0.400. The van der Waals surface area contributed by atoms with E-state index in [9.17, 15) is 8.42 Å². The Labute approximate surface area is 68.4 Å². The van der Waals surface area contributed by atoms with Gasteiger partial charge in [-0.2, -0.15) is 10.2 Å². The van der Waals surface area contributed by atoms with E-state index in [4.69, 9.17) is 5.26 Å². The highest BCUT2D eigenvalue weighted by molar-refractivity contribution is 7.91. The molecule has 0 unspecified atom stereocenters. The van der Waals surface area contributed by atoms with Gasteiger partial charge in [-0.25, -0.2) is 13.1 Å². The molecule has 2 rings (SSSR count). The van der Waals surface area contributed by atoms with Crippen LogP contribution in [0.5, 0.6) is 0 Å². The monoisotopic (exact) mass is 184 g/mol. The van der Waals surface area contributed by atoms with E-state index in [0.29, 0.717) is 6.54 Å². The van der Waals surface area contributed by atoms with Crippen molar-refractivity contribution in [3.63, 3.8) is 0 Å². The molecule has 1 aromatic rings. The first-order valence-corrected chi connectivity index (χ1v) is 4.86. The first-order chi connectivity index (χ1) is 5.63. The van der Waals surface area contributed by atoms with Crippen LogP contribution in [0, 0.1) is 11.3 Å². The van der Waals surface area contributed by atoms with Crippen molar-refractivity contribution in [3.05, 3.63) is 5.82 Å². The molecule has 1 aromatic heterocycles. The van der Waals surface area contributed by atoms with E-state index in [0.717, 1.165) is 0 Å². The molecule has 0 radical (unpaired) electrons. The lowest BCUT2D eigenvalue weighted by Gasteiger charge is -1.84. The average Bonchev–Trinajstić information content (AvgIpc) is 2.53. The Morgan fingerprint density at radius 3 is 2.92 bits per heavy atom. The van der Waals surface area contributed by atoms with Crippen LogP contribution < -0.4 is 0 Å². The molecule has 2 heterocycles. The zero-order valence-electron chi connectivity index (χ0n) is 5.93. The number of hydrogen-bond acceptors (Lipinski definition) is 5. The van der Waals surface area contributed by atoms with Crippen LogP contribution in [-0.4, -0.2) is 28.9 Å². The predicted octanol–water partition coefficient (Wildman–Crippen LogP) is -1.06. The van der Waals surface area contributed by atoms with Crippen molar-refractivity contribution in [2.75, 3.05) is 5.75 Å². The van der Waals surface area contributed by atoms with Crippen molar-refractivity contribution in [2.45, 2.75) is 11.7 Å². The molecule has 0 aliphatic carbocycles. The topological polar surface area (TPSA) is 88.6 Å². The Morgan fingerprint density at radius 1 is 1.58 bits per heavy atom. The van der Waals surface area contributed by atoms with Crippen LogP contribution >= 0.6 is 0 Å². The molecule has 0 aromatic carbocycles.